The molecule has 0 spiro atoms. The highest BCUT2D eigenvalue weighted by Crippen LogP contribution is 2.37. The Morgan fingerprint density at radius 2 is 1.63 bits per heavy atom. The van der Waals surface area contributed by atoms with Gasteiger partial charge in [0.15, 0.2) is 11.0 Å². The van der Waals surface area contributed by atoms with Crippen LogP contribution in [-0.2, 0) is 23.1 Å². The number of aromatic nitrogens is 3. The van der Waals surface area contributed by atoms with Gasteiger partial charge in [0.2, 0.25) is 5.91 Å². The Kier molecular flexibility index (Phi) is 8.00. The van der Waals surface area contributed by atoms with Crippen LogP contribution < -0.4 is 5.32 Å². The van der Waals surface area contributed by atoms with Gasteiger partial charge in [-0.1, -0.05) is 102 Å². The highest BCUT2D eigenvalue weighted by molar-refractivity contribution is 7.99. The smallest absolute Gasteiger partial charge is 0.234 e. The fourth-order valence-corrected chi connectivity index (χ4v) is 5.70. The highest BCUT2D eigenvalue weighted by atomic mass is 32.2. The van der Waals surface area contributed by atoms with Gasteiger partial charge in [-0.25, -0.2) is 0 Å². The van der Waals surface area contributed by atoms with E-state index in [4.69, 9.17) is 0 Å². The Labute approximate surface area is 214 Å². The Bertz CT molecular complexity index is 1130. The van der Waals surface area contributed by atoms with Gasteiger partial charge in [0.05, 0.1) is 5.75 Å². The summed E-state index contributed by atoms with van der Waals surface area (Å²) in [5.41, 5.74) is 5.83. The summed E-state index contributed by atoms with van der Waals surface area (Å²) in [5, 5.41) is 13.2. The van der Waals surface area contributed by atoms with Gasteiger partial charge in [-0.05, 0) is 47.8 Å². The number of hydrogen-bond donors (Lipinski definition) is 1. The SMILES string of the molecule is CCc1cccc(CC)c1NC(=O)CSc1nnc(-c2ccc(C(C)(C)C)cc2)n1C1CCCC1. The number of nitrogens with zero attached hydrogens (tertiary/aromatic N) is 3. The van der Waals surface area contributed by atoms with Crippen LogP contribution in [0.25, 0.3) is 11.4 Å². The molecule has 1 saturated carbocycles. The van der Waals surface area contributed by atoms with Crippen LogP contribution in [0.2, 0.25) is 0 Å². The second-order valence-electron chi connectivity index (χ2n) is 10.4. The predicted molar refractivity (Wildman–Crippen MR) is 146 cm³/mol. The molecular weight excluding hydrogens is 452 g/mol. The molecule has 1 aliphatic carbocycles. The number of amides is 1. The number of carbonyl (C=O) groups is 1. The number of aryl methyl sites for hydroxylation is 2. The van der Waals surface area contributed by atoms with Crippen LogP contribution in [0.3, 0.4) is 0 Å². The van der Waals surface area contributed by atoms with Crippen molar-refractivity contribution in [1.29, 1.82) is 0 Å². The Balaban J connectivity index is 1.55. The summed E-state index contributed by atoms with van der Waals surface area (Å²) in [6.45, 7) is 10.9. The molecule has 0 saturated heterocycles. The summed E-state index contributed by atoms with van der Waals surface area (Å²) in [6.07, 6.45) is 6.50. The van der Waals surface area contributed by atoms with E-state index in [2.05, 4.69) is 97.2 Å². The van der Waals surface area contributed by atoms with Crippen molar-refractivity contribution in [3.63, 3.8) is 0 Å². The molecule has 1 aliphatic rings. The molecule has 0 aliphatic heterocycles. The van der Waals surface area contributed by atoms with E-state index in [1.807, 2.05) is 0 Å². The minimum absolute atomic E-state index is 0.00246. The fourth-order valence-electron chi connectivity index (χ4n) is 4.89. The van der Waals surface area contributed by atoms with E-state index >= 15 is 0 Å². The Morgan fingerprint density at radius 1 is 1.00 bits per heavy atom. The molecule has 2 aromatic carbocycles. The fraction of sp³-hybridized carbons (Fsp3) is 0.483. The maximum absolute atomic E-state index is 13.0. The lowest BCUT2D eigenvalue weighted by Crippen LogP contribution is -2.17. The van der Waals surface area contributed by atoms with Crippen molar-refractivity contribution in [3.05, 3.63) is 59.2 Å². The minimum atomic E-state index is 0.00246. The van der Waals surface area contributed by atoms with E-state index in [0.29, 0.717) is 11.8 Å². The van der Waals surface area contributed by atoms with E-state index in [9.17, 15) is 4.79 Å². The third kappa shape index (κ3) is 5.80. The maximum atomic E-state index is 13.0. The van der Waals surface area contributed by atoms with E-state index in [0.717, 1.165) is 47.9 Å². The minimum Gasteiger partial charge on any atom is -0.325 e. The van der Waals surface area contributed by atoms with Gasteiger partial charge in [0.1, 0.15) is 0 Å². The molecule has 1 N–H and O–H groups in total. The van der Waals surface area contributed by atoms with E-state index in [1.54, 1.807) is 0 Å². The maximum Gasteiger partial charge on any atom is 0.234 e. The quantitative estimate of drug-likeness (QED) is 0.339. The van der Waals surface area contributed by atoms with E-state index in [-0.39, 0.29) is 11.3 Å². The number of anilines is 1. The number of carbonyl (C=O) groups excluding carboxylic acids is 1. The highest BCUT2D eigenvalue weighted by Gasteiger charge is 2.26. The van der Waals surface area contributed by atoms with Gasteiger partial charge < -0.3 is 5.32 Å². The van der Waals surface area contributed by atoms with Crippen LogP contribution in [-0.4, -0.2) is 26.4 Å². The first-order valence-corrected chi connectivity index (χ1v) is 13.9. The topological polar surface area (TPSA) is 59.8 Å². The van der Waals surface area contributed by atoms with Crippen LogP contribution in [0.1, 0.15) is 83.0 Å². The Morgan fingerprint density at radius 3 is 2.20 bits per heavy atom. The van der Waals surface area contributed by atoms with Crippen molar-refractivity contribution in [2.75, 3.05) is 11.1 Å². The zero-order valence-corrected chi connectivity index (χ0v) is 22.5. The summed E-state index contributed by atoms with van der Waals surface area (Å²) in [5.74, 6) is 1.22. The zero-order chi connectivity index (χ0) is 25.0. The van der Waals surface area contributed by atoms with Crippen LogP contribution in [0.4, 0.5) is 5.69 Å². The molecule has 0 atom stereocenters. The van der Waals surface area contributed by atoms with Crippen molar-refractivity contribution < 1.29 is 4.79 Å². The molecule has 4 rings (SSSR count). The van der Waals surface area contributed by atoms with Crippen molar-refractivity contribution >= 4 is 23.4 Å². The largest absolute Gasteiger partial charge is 0.325 e. The lowest BCUT2D eigenvalue weighted by Gasteiger charge is -2.20. The number of benzene rings is 2. The van der Waals surface area contributed by atoms with Crippen molar-refractivity contribution in [2.24, 2.45) is 0 Å². The molecule has 1 amide bonds. The zero-order valence-electron chi connectivity index (χ0n) is 21.7. The van der Waals surface area contributed by atoms with Crippen LogP contribution in [0.15, 0.2) is 47.6 Å². The standard InChI is InChI=1S/C29H38N4OS/c1-6-20-11-10-12-21(7-2)26(20)30-25(34)19-35-28-32-31-27(33(28)24-13-8-9-14-24)22-15-17-23(18-16-22)29(3,4)5/h10-12,15-18,24H,6-9,13-14,19H2,1-5H3,(H,30,34). The second-order valence-corrected chi connectivity index (χ2v) is 11.4. The van der Waals surface area contributed by atoms with Crippen molar-refractivity contribution in [3.8, 4) is 11.4 Å². The van der Waals surface area contributed by atoms with Crippen LogP contribution in [0, 0.1) is 0 Å². The summed E-state index contributed by atoms with van der Waals surface area (Å²) < 4.78 is 2.29. The number of rotatable bonds is 8. The molecule has 3 aromatic rings. The second kappa shape index (κ2) is 11.0. The molecule has 1 aromatic heterocycles. The Hall–Kier alpha value is -2.60. The molecule has 1 heterocycles. The van der Waals surface area contributed by atoms with Gasteiger partial charge in [-0.2, -0.15) is 0 Å². The first-order chi connectivity index (χ1) is 16.8. The number of nitrogens with one attached hydrogen (secondary N) is 1. The van der Waals surface area contributed by atoms with Crippen molar-refractivity contribution in [1.82, 2.24) is 14.8 Å². The van der Waals surface area contributed by atoms with Gasteiger partial charge in [-0.15, -0.1) is 10.2 Å². The number of thioether (sulfide) groups is 1. The lowest BCUT2D eigenvalue weighted by atomic mass is 9.86. The van der Waals surface area contributed by atoms with Gasteiger partial charge >= 0.3 is 0 Å². The van der Waals surface area contributed by atoms with Crippen LogP contribution >= 0.6 is 11.8 Å². The monoisotopic (exact) mass is 490 g/mol. The summed E-state index contributed by atoms with van der Waals surface area (Å²) in [7, 11) is 0. The molecule has 186 valence electrons. The van der Waals surface area contributed by atoms with E-state index in [1.165, 1.54) is 41.3 Å². The first-order valence-electron chi connectivity index (χ1n) is 12.9. The summed E-state index contributed by atoms with van der Waals surface area (Å²) in [4.78, 5) is 13.0. The average molecular weight is 491 g/mol. The number of hydrogen-bond acceptors (Lipinski definition) is 4. The predicted octanol–water partition coefficient (Wildman–Crippen LogP) is 7.21. The molecule has 0 bridgehead atoms. The molecule has 1 fully saturated rings. The van der Waals surface area contributed by atoms with Crippen molar-refractivity contribution in [2.45, 2.75) is 89.8 Å². The third-order valence-electron chi connectivity index (χ3n) is 6.96. The third-order valence-corrected chi connectivity index (χ3v) is 7.90. The molecule has 0 radical (unpaired) electrons. The molecule has 5 nitrogen and oxygen atoms in total. The van der Waals surface area contributed by atoms with Gasteiger partial charge in [-0.3, -0.25) is 9.36 Å². The summed E-state index contributed by atoms with van der Waals surface area (Å²) >= 11 is 1.49. The molecular formula is C29H38N4OS. The average Bonchev–Trinajstić information content (AvgIpc) is 3.52. The number of para-hydroxylation sites is 1. The lowest BCUT2D eigenvalue weighted by molar-refractivity contribution is -0.113. The molecule has 35 heavy (non-hydrogen) atoms. The van der Waals surface area contributed by atoms with Gasteiger partial charge in [0.25, 0.3) is 0 Å². The molecule has 6 heteroatoms. The van der Waals surface area contributed by atoms with E-state index < -0.39 is 0 Å². The first kappa shape index (κ1) is 25.5. The van der Waals surface area contributed by atoms with Gasteiger partial charge in [0, 0.05) is 17.3 Å². The molecule has 0 unspecified atom stereocenters. The van der Waals surface area contributed by atoms with Crippen LogP contribution in [0.5, 0.6) is 0 Å². The normalized spacial score (nSPS) is 14.4. The summed E-state index contributed by atoms with van der Waals surface area (Å²) in [6, 6.07) is 15.4.